The van der Waals surface area contributed by atoms with Crippen molar-refractivity contribution in [2.45, 2.75) is 57.3 Å². The molecule has 3 rings (SSSR count). The number of halogens is 5. The minimum atomic E-state index is -5.03. The summed E-state index contributed by atoms with van der Waals surface area (Å²) >= 11 is 0. The number of carbonyl (C=O) groups excluding carboxylic acids is 1. The zero-order chi connectivity index (χ0) is 22.3. The number of sulfone groups is 1. The maximum absolute atomic E-state index is 14.1. The van der Waals surface area contributed by atoms with Gasteiger partial charge < -0.3 is 0 Å². The third kappa shape index (κ3) is 6.23. The normalized spacial score (nSPS) is 20.6. The molecule has 10 heteroatoms. The van der Waals surface area contributed by atoms with Gasteiger partial charge in [-0.25, -0.2) is 17.2 Å². The van der Waals surface area contributed by atoms with E-state index < -0.39 is 56.8 Å². The molecule has 2 atom stereocenters. The van der Waals surface area contributed by atoms with Gasteiger partial charge >= 0.3 is 6.18 Å². The molecule has 0 amide bonds. The van der Waals surface area contributed by atoms with Crippen molar-refractivity contribution in [1.29, 1.82) is 0 Å². The molecule has 0 aromatic heterocycles. The summed E-state index contributed by atoms with van der Waals surface area (Å²) in [5.74, 6) is -4.11. The van der Waals surface area contributed by atoms with E-state index in [-0.39, 0.29) is 23.5 Å². The molecule has 2 aliphatic carbocycles. The zero-order valence-electron chi connectivity index (χ0n) is 16.4. The van der Waals surface area contributed by atoms with Gasteiger partial charge in [0.15, 0.2) is 15.6 Å². The van der Waals surface area contributed by atoms with Crippen molar-refractivity contribution < 1.29 is 35.2 Å². The third-order valence-electron chi connectivity index (χ3n) is 5.67. The van der Waals surface area contributed by atoms with E-state index >= 15 is 0 Å². The fourth-order valence-corrected chi connectivity index (χ4v) is 5.41. The van der Waals surface area contributed by atoms with Crippen LogP contribution in [0, 0.1) is 23.0 Å². The third-order valence-corrected chi connectivity index (χ3v) is 7.49. The fraction of sp³-hybridized carbons (Fsp3) is 0.650. The second-order valence-electron chi connectivity index (χ2n) is 8.83. The molecule has 2 fully saturated rings. The van der Waals surface area contributed by atoms with Gasteiger partial charge in [-0.3, -0.25) is 10.1 Å². The van der Waals surface area contributed by atoms with E-state index in [4.69, 9.17) is 0 Å². The van der Waals surface area contributed by atoms with Gasteiger partial charge in [-0.05, 0) is 43.1 Å². The van der Waals surface area contributed by atoms with E-state index in [0.717, 1.165) is 25.7 Å². The molecule has 0 saturated heterocycles. The Morgan fingerprint density at radius 3 is 2.37 bits per heavy atom. The molecule has 1 aromatic rings. The highest BCUT2D eigenvalue weighted by molar-refractivity contribution is 7.91. The summed E-state index contributed by atoms with van der Waals surface area (Å²) in [6, 6.07) is -2.62. The molecule has 0 aliphatic heterocycles. The minimum Gasteiger partial charge on any atom is -0.298 e. The first-order valence-corrected chi connectivity index (χ1v) is 11.6. The van der Waals surface area contributed by atoms with Crippen LogP contribution in [0.25, 0.3) is 0 Å². The van der Waals surface area contributed by atoms with Crippen LogP contribution < -0.4 is 5.32 Å². The van der Waals surface area contributed by atoms with E-state index in [1.165, 1.54) is 0 Å². The lowest BCUT2D eigenvalue weighted by molar-refractivity contribution is -0.161. The molecular formula is C20H24F5NO3S. The van der Waals surface area contributed by atoms with Crippen molar-refractivity contribution >= 4 is 15.6 Å². The monoisotopic (exact) mass is 453 g/mol. The Morgan fingerprint density at radius 1 is 1.23 bits per heavy atom. The topological polar surface area (TPSA) is 63.2 Å². The number of carbonyl (C=O) groups is 1. The quantitative estimate of drug-likeness (QED) is 0.542. The Morgan fingerprint density at radius 2 is 1.87 bits per heavy atom. The first-order chi connectivity index (χ1) is 13.8. The van der Waals surface area contributed by atoms with Gasteiger partial charge in [0.2, 0.25) is 0 Å². The lowest BCUT2D eigenvalue weighted by atomic mass is 9.97. The number of hydrogen-bond acceptors (Lipinski definition) is 4. The van der Waals surface area contributed by atoms with Crippen LogP contribution in [0.3, 0.4) is 0 Å². The van der Waals surface area contributed by atoms with Crippen LogP contribution in [0.4, 0.5) is 22.0 Å². The molecule has 2 saturated carbocycles. The molecule has 0 unspecified atom stereocenters. The Balaban J connectivity index is 1.88. The maximum Gasteiger partial charge on any atom is 0.408 e. The summed E-state index contributed by atoms with van der Waals surface area (Å²) in [7, 11) is -3.79. The molecule has 2 aliphatic rings. The van der Waals surface area contributed by atoms with Crippen molar-refractivity contribution in [1.82, 2.24) is 5.32 Å². The van der Waals surface area contributed by atoms with E-state index in [1.54, 1.807) is 0 Å². The van der Waals surface area contributed by atoms with E-state index in [1.807, 2.05) is 6.92 Å². The van der Waals surface area contributed by atoms with Gasteiger partial charge in [0.1, 0.15) is 17.7 Å². The Hall–Kier alpha value is -1.55. The van der Waals surface area contributed by atoms with Crippen molar-refractivity contribution in [2.24, 2.45) is 11.3 Å². The molecule has 0 bridgehead atoms. The lowest BCUT2D eigenvalue weighted by Crippen LogP contribution is -2.49. The summed E-state index contributed by atoms with van der Waals surface area (Å²) < 4.78 is 93.4. The number of ketones is 1. The number of benzene rings is 1. The van der Waals surface area contributed by atoms with Crippen molar-refractivity contribution in [3.63, 3.8) is 0 Å². The first kappa shape index (κ1) is 23.1. The predicted octanol–water partition coefficient (Wildman–Crippen LogP) is 4.11. The molecule has 1 aromatic carbocycles. The number of Topliss-reactive ketones (excluding diaryl/α,β-unsaturated/α-hetero) is 1. The molecule has 0 spiro atoms. The predicted molar refractivity (Wildman–Crippen MR) is 100 cm³/mol. The molecule has 0 heterocycles. The molecule has 0 radical (unpaired) electrons. The number of alkyl halides is 3. The smallest absolute Gasteiger partial charge is 0.298 e. The van der Waals surface area contributed by atoms with Crippen molar-refractivity contribution in [3.05, 3.63) is 35.4 Å². The molecular weight excluding hydrogens is 429 g/mol. The van der Waals surface area contributed by atoms with Crippen LogP contribution in [-0.2, 0) is 14.6 Å². The summed E-state index contributed by atoms with van der Waals surface area (Å²) in [6.07, 6.45) is -2.16. The SMILES string of the molecule is CC1(CC(=O)[C@H](CS(=O)(=O)CC2CC2)N[C@@H](c2ccc(F)cc2F)C(F)(F)F)CC1. The van der Waals surface area contributed by atoms with Gasteiger partial charge in [0, 0.05) is 18.1 Å². The summed E-state index contributed by atoms with van der Waals surface area (Å²) in [5.41, 5.74) is -1.23. The maximum atomic E-state index is 14.1. The summed E-state index contributed by atoms with van der Waals surface area (Å²) in [4.78, 5) is 12.8. The highest BCUT2D eigenvalue weighted by atomic mass is 32.2. The Labute approximate surface area is 172 Å². The van der Waals surface area contributed by atoms with Gasteiger partial charge in [-0.2, -0.15) is 13.2 Å². The number of rotatable bonds is 10. The minimum absolute atomic E-state index is 0.0281. The fourth-order valence-electron chi connectivity index (χ4n) is 3.43. The van der Waals surface area contributed by atoms with Crippen LogP contribution in [0.2, 0.25) is 0 Å². The first-order valence-electron chi connectivity index (χ1n) is 9.79. The average molecular weight is 453 g/mol. The van der Waals surface area contributed by atoms with Gasteiger partial charge in [0.25, 0.3) is 0 Å². The summed E-state index contributed by atoms with van der Waals surface area (Å²) in [6.45, 7) is 1.81. The Bertz CT molecular complexity index is 908. The molecule has 30 heavy (non-hydrogen) atoms. The highest BCUT2D eigenvalue weighted by Gasteiger charge is 2.47. The second-order valence-corrected chi connectivity index (χ2v) is 11.0. The van der Waals surface area contributed by atoms with Crippen LogP contribution >= 0.6 is 0 Å². The van der Waals surface area contributed by atoms with Gasteiger partial charge in [0.05, 0.1) is 17.5 Å². The second kappa shape index (κ2) is 8.18. The van der Waals surface area contributed by atoms with Crippen molar-refractivity contribution in [3.8, 4) is 0 Å². The van der Waals surface area contributed by atoms with Gasteiger partial charge in [-0.1, -0.05) is 13.0 Å². The lowest BCUT2D eigenvalue weighted by Gasteiger charge is -2.28. The van der Waals surface area contributed by atoms with Crippen LogP contribution in [0.15, 0.2) is 18.2 Å². The Kier molecular flexibility index (Phi) is 6.30. The van der Waals surface area contributed by atoms with Crippen LogP contribution in [-0.4, -0.2) is 37.9 Å². The van der Waals surface area contributed by atoms with E-state index in [9.17, 15) is 35.2 Å². The highest BCUT2D eigenvalue weighted by Crippen LogP contribution is 2.48. The number of hydrogen-bond donors (Lipinski definition) is 1. The largest absolute Gasteiger partial charge is 0.408 e. The number of nitrogens with one attached hydrogen (secondary N) is 1. The average Bonchev–Trinajstić information content (AvgIpc) is 3.51. The zero-order valence-corrected chi connectivity index (χ0v) is 17.3. The van der Waals surface area contributed by atoms with Crippen molar-refractivity contribution in [2.75, 3.05) is 11.5 Å². The molecule has 168 valence electrons. The van der Waals surface area contributed by atoms with Crippen LogP contribution in [0.1, 0.15) is 50.6 Å². The molecule has 4 nitrogen and oxygen atoms in total. The van der Waals surface area contributed by atoms with Crippen LogP contribution in [0.5, 0.6) is 0 Å². The summed E-state index contributed by atoms with van der Waals surface area (Å²) in [5, 5.41) is 2.05. The van der Waals surface area contributed by atoms with Gasteiger partial charge in [-0.15, -0.1) is 0 Å². The van der Waals surface area contributed by atoms with E-state index in [0.29, 0.717) is 18.2 Å². The standard InChI is InChI=1S/C20H24F5NO3S/c1-19(6-7-19)9-17(27)16(11-30(28,29)10-12-2-3-12)26-18(20(23,24)25)14-5-4-13(21)8-15(14)22/h4-5,8,12,16,18,26H,2-3,6-7,9-11H2,1H3/t16-,18-/m0/s1. The molecule has 1 N–H and O–H groups in total. The van der Waals surface area contributed by atoms with E-state index in [2.05, 4.69) is 5.32 Å².